The van der Waals surface area contributed by atoms with Gasteiger partial charge < -0.3 is 10.2 Å². The van der Waals surface area contributed by atoms with E-state index in [1.165, 1.54) is 0 Å². The number of hydrogen-bond donors (Lipinski definition) is 2. The highest BCUT2D eigenvalue weighted by molar-refractivity contribution is 4.80. The summed E-state index contributed by atoms with van der Waals surface area (Å²) in [5, 5.41) is 19.4. The van der Waals surface area contributed by atoms with Crippen LogP contribution in [-0.2, 0) is 0 Å². The van der Waals surface area contributed by atoms with E-state index in [9.17, 15) is 10.2 Å². The lowest BCUT2D eigenvalue weighted by atomic mass is 9.77. The van der Waals surface area contributed by atoms with E-state index < -0.39 is 5.60 Å². The third kappa shape index (κ3) is 3.97. The van der Waals surface area contributed by atoms with Gasteiger partial charge in [0.05, 0.1) is 11.7 Å². The van der Waals surface area contributed by atoms with Crippen LogP contribution in [0.3, 0.4) is 0 Å². The predicted octanol–water partition coefficient (Wildman–Crippen LogP) is 2.33. The second-order valence-corrected chi connectivity index (χ2v) is 5.60. The normalized spacial score (nSPS) is 34.5. The molecule has 0 aromatic carbocycles. The lowest BCUT2D eigenvalue weighted by Gasteiger charge is -2.33. The highest BCUT2D eigenvalue weighted by Gasteiger charge is 2.28. The maximum absolute atomic E-state index is 9.80. The average molecular weight is 200 g/mol. The summed E-state index contributed by atoms with van der Waals surface area (Å²) in [6, 6.07) is 0. The van der Waals surface area contributed by atoms with Gasteiger partial charge in [-0.15, -0.1) is 0 Å². The Labute approximate surface area is 87.3 Å². The van der Waals surface area contributed by atoms with Gasteiger partial charge in [0.1, 0.15) is 0 Å². The first-order chi connectivity index (χ1) is 6.38. The zero-order valence-electron chi connectivity index (χ0n) is 9.66. The van der Waals surface area contributed by atoms with Crippen molar-refractivity contribution in [2.24, 2.45) is 11.8 Å². The molecule has 1 rings (SSSR count). The minimum Gasteiger partial charge on any atom is -0.393 e. The molecule has 1 aliphatic rings. The van der Waals surface area contributed by atoms with Gasteiger partial charge in [-0.3, -0.25) is 0 Å². The van der Waals surface area contributed by atoms with Crippen LogP contribution in [0.25, 0.3) is 0 Å². The van der Waals surface area contributed by atoms with E-state index in [0.29, 0.717) is 5.92 Å². The molecule has 2 N–H and O–H groups in total. The summed E-state index contributed by atoms with van der Waals surface area (Å²) in [5.74, 6) is 1.15. The largest absolute Gasteiger partial charge is 0.393 e. The molecule has 0 aliphatic heterocycles. The van der Waals surface area contributed by atoms with Crippen LogP contribution < -0.4 is 0 Å². The molecule has 1 aliphatic carbocycles. The Morgan fingerprint density at radius 3 is 2.50 bits per heavy atom. The molecule has 0 heterocycles. The average Bonchev–Trinajstić information content (AvgIpc) is 2.05. The maximum atomic E-state index is 9.80. The Hall–Kier alpha value is -0.0800. The molecule has 3 atom stereocenters. The summed E-state index contributed by atoms with van der Waals surface area (Å²) in [5.41, 5.74) is -0.583. The van der Waals surface area contributed by atoms with Crippen LogP contribution >= 0.6 is 0 Å². The van der Waals surface area contributed by atoms with E-state index in [-0.39, 0.29) is 6.10 Å². The molecule has 1 fully saturated rings. The van der Waals surface area contributed by atoms with Gasteiger partial charge in [0.15, 0.2) is 0 Å². The van der Waals surface area contributed by atoms with Crippen molar-refractivity contribution < 1.29 is 10.2 Å². The second kappa shape index (κ2) is 4.63. The standard InChI is InChI=1S/C12H24O2/c1-9-4-5-11(13)10(8-9)6-7-12(2,3)14/h9-11,13-14H,4-8H2,1-3H3. The molecular weight excluding hydrogens is 176 g/mol. The van der Waals surface area contributed by atoms with E-state index in [1.807, 2.05) is 13.8 Å². The Balaban J connectivity index is 2.35. The SMILES string of the molecule is CC1CCC(O)C(CCC(C)(C)O)C1. The smallest absolute Gasteiger partial charge is 0.0591 e. The topological polar surface area (TPSA) is 40.5 Å². The van der Waals surface area contributed by atoms with Gasteiger partial charge in [-0.25, -0.2) is 0 Å². The van der Waals surface area contributed by atoms with E-state index in [0.717, 1.165) is 38.0 Å². The van der Waals surface area contributed by atoms with Crippen LogP contribution in [0, 0.1) is 11.8 Å². The van der Waals surface area contributed by atoms with Crippen LogP contribution in [0.15, 0.2) is 0 Å². The minimum absolute atomic E-state index is 0.131. The van der Waals surface area contributed by atoms with Crippen LogP contribution in [0.5, 0.6) is 0 Å². The summed E-state index contributed by atoms with van der Waals surface area (Å²) in [6.45, 7) is 5.93. The second-order valence-electron chi connectivity index (χ2n) is 5.60. The van der Waals surface area contributed by atoms with Gasteiger partial charge in [-0.05, 0) is 57.8 Å². The minimum atomic E-state index is -0.583. The Bertz CT molecular complexity index is 172. The van der Waals surface area contributed by atoms with Crippen molar-refractivity contribution in [3.05, 3.63) is 0 Å². The molecule has 2 nitrogen and oxygen atoms in total. The van der Waals surface area contributed by atoms with Crippen molar-refractivity contribution in [2.75, 3.05) is 0 Å². The summed E-state index contributed by atoms with van der Waals surface area (Å²) < 4.78 is 0. The van der Waals surface area contributed by atoms with Gasteiger partial charge in [0.25, 0.3) is 0 Å². The molecular formula is C12H24O2. The molecule has 2 heteroatoms. The Morgan fingerprint density at radius 1 is 1.29 bits per heavy atom. The molecule has 14 heavy (non-hydrogen) atoms. The zero-order valence-corrected chi connectivity index (χ0v) is 9.66. The molecule has 0 aromatic heterocycles. The molecule has 0 saturated heterocycles. The summed E-state index contributed by atoms with van der Waals surface area (Å²) in [6.07, 6.45) is 4.83. The van der Waals surface area contributed by atoms with Gasteiger partial charge in [0.2, 0.25) is 0 Å². The third-order valence-electron chi connectivity index (χ3n) is 3.33. The van der Waals surface area contributed by atoms with Gasteiger partial charge in [-0.1, -0.05) is 6.92 Å². The van der Waals surface area contributed by atoms with E-state index in [1.54, 1.807) is 0 Å². The lowest BCUT2D eigenvalue weighted by molar-refractivity contribution is 0.0192. The number of aliphatic hydroxyl groups excluding tert-OH is 1. The van der Waals surface area contributed by atoms with Crippen molar-refractivity contribution in [3.63, 3.8) is 0 Å². The van der Waals surface area contributed by atoms with E-state index >= 15 is 0 Å². The van der Waals surface area contributed by atoms with Gasteiger partial charge >= 0.3 is 0 Å². The van der Waals surface area contributed by atoms with Crippen molar-refractivity contribution >= 4 is 0 Å². The number of hydrogen-bond acceptors (Lipinski definition) is 2. The number of aliphatic hydroxyl groups is 2. The summed E-state index contributed by atoms with van der Waals surface area (Å²) in [4.78, 5) is 0. The summed E-state index contributed by atoms with van der Waals surface area (Å²) in [7, 11) is 0. The van der Waals surface area contributed by atoms with Gasteiger partial charge in [0, 0.05) is 0 Å². The highest BCUT2D eigenvalue weighted by atomic mass is 16.3. The van der Waals surface area contributed by atoms with Crippen LogP contribution in [-0.4, -0.2) is 21.9 Å². The highest BCUT2D eigenvalue weighted by Crippen LogP contribution is 2.33. The molecule has 84 valence electrons. The molecule has 0 bridgehead atoms. The molecule has 1 saturated carbocycles. The van der Waals surface area contributed by atoms with Crippen molar-refractivity contribution in [3.8, 4) is 0 Å². The monoisotopic (exact) mass is 200 g/mol. The zero-order chi connectivity index (χ0) is 10.8. The third-order valence-corrected chi connectivity index (χ3v) is 3.33. The summed E-state index contributed by atoms with van der Waals surface area (Å²) >= 11 is 0. The maximum Gasteiger partial charge on any atom is 0.0591 e. The first-order valence-electron chi connectivity index (χ1n) is 5.79. The molecule has 0 amide bonds. The predicted molar refractivity (Wildman–Crippen MR) is 58.0 cm³/mol. The molecule has 0 spiro atoms. The van der Waals surface area contributed by atoms with Crippen molar-refractivity contribution in [2.45, 2.75) is 64.6 Å². The molecule has 3 unspecified atom stereocenters. The van der Waals surface area contributed by atoms with E-state index in [4.69, 9.17) is 0 Å². The lowest BCUT2D eigenvalue weighted by Crippen LogP contribution is -2.30. The molecule has 0 aromatic rings. The fourth-order valence-electron chi connectivity index (χ4n) is 2.33. The van der Waals surface area contributed by atoms with Gasteiger partial charge in [-0.2, -0.15) is 0 Å². The molecule has 0 radical (unpaired) electrons. The van der Waals surface area contributed by atoms with Crippen LogP contribution in [0.4, 0.5) is 0 Å². The Kier molecular flexibility index (Phi) is 3.96. The van der Waals surface area contributed by atoms with Crippen molar-refractivity contribution in [1.82, 2.24) is 0 Å². The fraction of sp³-hybridized carbons (Fsp3) is 1.00. The number of rotatable bonds is 3. The quantitative estimate of drug-likeness (QED) is 0.734. The van der Waals surface area contributed by atoms with Crippen LogP contribution in [0.1, 0.15) is 52.9 Å². The fourth-order valence-corrected chi connectivity index (χ4v) is 2.33. The first-order valence-corrected chi connectivity index (χ1v) is 5.79. The van der Waals surface area contributed by atoms with Crippen LogP contribution in [0.2, 0.25) is 0 Å². The first kappa shape index (κ1) is 12.0. The Morgan fingerprint density at radius 2 is 1.93 bits per heavy atom. The van der Waals surface area contributed by atoms with E-state index in [2.05, 4.69) is 6.92 Å². The van der Waals surface area contributed by atoms with Crippen molar-refractivity contribution in [1.29, 1.82) is 0 Å².